The molecule has 0 radical (unpaired) electrons. The van der Waals surface area contributed by atoms with Gasteiger partial charge < -0.3 is 4.42 Å². The molecule has 148 valence electrons. The molecular weight excluding hydrogens is 398 g/mol. The second kappa shape index (κ2) is 7.70. The van der Waals surface area contributed by atoms with E-state index in [0.29, 0.717) is 22.0 Å². The van der Waals surface area contributed by atoms with E-state index in [0.717, 1.165) is 22.1 Å². The minimum absolute atomic E-state index is 0.0110. The molecule has 1 atom stereocenters. The summed E-state index contributed by atoms with van der Waals surface area (Å²) in [5.41, 5.74) is 2.78. The number of aryl methyl sites for hydroxylation is 1. The minimum atomic E-state index is -3.22. The third kappa shape index (κ3) is 4.29. The third-order valence-corrected chi connectivity index (χ3v) is 6.52. The van der Waals surface area contributed by atoms with Crippen LogP contribution in [0.2, 0.25) is 5.02 Å². The first-order valence-corrected chi connectivity index (χ1v) is 11.1. The molecule has 0 amide bonds. The molecule has 0 N–H and O–H groups in total. The molecule has 28 heavy (non-hydrogen) atoms. The van der Waals surface area contributed by atoms with E-state index in [1.165, 1.54) is 12.3 Å². The Kier molecular flexibility index (Phi) is 5.66. The molecule has 0 bridgehead atoms. The quantitative estimate of drug-likeness (QED) is 0.575. The average molecular weight is 420 g/mol. The lowest BCUT2D eigenvalue weighted by molar-refractivity contribution is 0.253. The van der Waals surface area contributed by atoms with E-state index in [2.05, 4.69) is 4.90 Å². The molecule has 2 aromatic carbocycles. The van der Waals surface area contributed by atoms with Gasteiger partial charge in [0.15, 0.2) is 9.84 Å². The van der Waals surface area contributed by atoms with Crippen molar-refractivity contribution in [1.29, 1.82) is 0 Å². The molecule has 7 heteroatoms. The van der Waals surface area contributed by atoms with Gasteiger partial charge in [-0.1, -0.05) is 23.7 Å². The molecule has 0 aliphatic rings. The van der Waals surface area contributed by atoms with Crippen LogP contribution >= 0.6 is 11.6 Å². The van der Waals surface area contributed by atoms with Gasteiger partial charge in [-0.05, 0) is 61.9 Å². The van der Waals surface area contributed by atoms with E-state index in [1.54, 1.807) is 18.2 Å². The predicted octanol–water partition coefficient (Wildman–Crippen LogP) is 4.35. The van der Waals surface area contributed by atoms with Crippen LogP contribution in [0.3, 0.4) is 0 Å². The third-order valence-electron chi connectivity index (χ3n) is 4.98. The van der Waals surface area contributed by atoms with Crippen molar-refractivity contribution >= 4 is 32.4 Å². The predicted molar refractivity (Wildman–Crippen MR) is 112 cm³/mol. The lowest BCUT2D eigenvalue weighted by atomic mass is 10.0. The molecule has 0 saturated carbocycles. The molecule has 0 saturated heterocycles. The van der Waals surface area contributed by atoms with Crippen molar-refractivity contribution < 1.29 is 12.8 Å². The Morgan fingerprint density at radius 1 is 1.14 bits per heavy atom. The van der Waals surface area contributed by atoms with Crippen LogP contribution in [0.4, 0.5) is 0 Å². The monoisotopic (exact) mass is 419 g/mol. The number of rotatable bonds is 5. The van der Waals surface area contributed by atoms with E-state index in [9.17, 15) is 13.2 Å². The van der Waals surface area contributed by atoms with Crippen LogP contribution in [0.5, 0.6) is 0 Å². The first-order valence-electron chi connectivity index (χ1n) is 8.79. The summed E-state index contributed by atoms with van der Waals surface area (Å²) in [6, 6.07) is 12.0. The SMILES string of the molecule is Cc1cc2oc(=O)cc(CN(C)C(C)c3ccc(S(C)(=O)=O)cc3)c2cc1Cl. The summed E-state index contributed by atoms with van der Waals surface area (Å²) in [4.78, 5) is 14.4. The van der Waals surface area contributed by atoms with Crippen molar-refractivity contribution in [2.24, 2.45) is 0 Å². The van der Waals surface area contributed by atoms with Gasteiger partial charge in [0.2, 0.25) is 0 Å². The van der Waals surface area contributed by atoms with Crippen molar-refractivity contribution in [2.45, 2.75) is 31.3 Å². The van der Waals surface area contributed by atoms with Gasteiger partial charge in [-0.3, -0.25) is 4.90 Å². The van der Waals surface area contributed by atoms with Crippen LogP contribution in [0.1, 0.15) is 29.7 Å². The zero-order valence-electron chi connectivity index (χ0n) is 16.2. The fourth-order valence-electron chi connectivity index (χ4n) is 3.13. The molecule has 1 heterocycles. The standard InChI is InChI=1S/C21H22ClNO4S/c1-13-9-20-18(11-19(13)22)16(10-21(24)27-20)12-23(3)14(2)15-5-7-17(8-6-15)28(4,25)26/h5-11,14H,12H2,1-4H3. The van der Waals surface area contributed by atoms with Crippen molar-refractivity contribution in [3.8, 4) is 0 Å². The molecule has 0 aliphatic heterocycles. The van der Waals surface area contributed by atoms with Crippen molar-refractivity contribution in [3.05, 3.63) is 74.6 Å². The van der Waals surface area contributed by atoms with Crippen LogP contribution in [-0.2, 0) is 16.4 Å². The summed E-state index contributed by atoms with van der Waals surface area (Å²) >= 11 is 6.26. The highest BCUT2D eigenvalue weighted by molar-refractivity contribution is 7.90. The molecule has 5 nitrogen and oxygen atoms in total. The van der Waals surface area contributed by atoms with E-state index in [-0.39, 0.29) is 6.04 Å². The van der Waals surface area contributed by atoms with Gasteiger partial charge in [0.1, 0.15) is 5.58 Å². The van der Waals surface area contributed by atoms with Crippen molar-refractivity contribution in [3.63, 3.8) is 0 Å². The lowest BCUT2D eigenvalue weighted by Gasteiger charge is -2.25. The number of benzene rings is 2. The van der Waals surface area contributed by atoms with Crippen molar-refractivity contribution in [1.82, 2.24) is 4.90 Å². The molecule has 3 rings (SSSR count). The maximum absolute atomic E-state index is 12.0. The summed E-state index contributed by atoms with van der Waals surface area (Å²) in [5.74, 6) is 0. The van der Waals surface area contributed by atoms with Gasteiger partial charge in [0.05, 0.1) is 4.90 Å². The van der Waals surface area contributed by atoms with E-state index in [4.69, 9.17) is 16.0 Å². The zero-order chi connectivity index (χ0) is 20.6. The Bertz CT molecular complexity index is 1180. The number of hydrogen-bond acceptors (Lipinski definition) is 5. The fourth-order valence-corrected chi connectivity index (χ4v) is 3.93. The summed E-state index contributed by atoms with van der Waals surface area (Å²) < 4.78 is 28.6. The zero-order valence-corrected chi connectivity index (χ0v) is 17.8. The Morgan fingerprint density at radius 2 is 1.79 bits per heavy atom. The fraction of sp³-hybridized carbons (Fsp3) is 0.286. The summed E-state index contributed by atoms with van der Waals surface area (Å²) in [7, 11) is -1.27. The first kappa shape index (κ1) is 20.6. The number of fused-ring (bicyclic) bond motifs is 1. The highest BCUT2D eigenvalue weighted by atomic mass is 35.5. The Balaban J connectivity index is 1.91. The molecule has 3 aromatic rings. The summed E-state index contributed by atoms with van der Waals surface area (Å²) in [5, 5.41) is 1.43. The number of hydrogen-bond donors (Lipinski definition) is 0. The number of halogens is 1. The van der Waals surface area contributed by atoms with E-state index in [1.807, 2.05) is 39.1 Å². The van der Waals surface area contributed by atoms with Gasteiger partial charge in [0, 0.05) is 35.3 Å². The highest BCUT2D eigenvalue weighted by Crippen LogP contribution is 2.28. The molecule has 0 fully saturated rings. The lowest BCUT2D eigenvalue weighted by Crippen LogP contribution is -2.22. The van der Waals surface area contributed by atoms with Gasteiger partial charge in [0.25, 0.3) is 0 Å². The normalized spacial score (nSPS) is 13.2. The molecule has 0 spiro atoms. The highest BCUT2D eigenvalue weighted by Gasteiger charge is 2.16. The smallest absolute Gasteiger partial charge is 0.336 e. The maximum atomic E-state index is 12.0. The number of nitrogens with zero attached hydrogens (tertiary/aromatic N) is 1. The Morgan fingerprint density at radius 3 is 2.39 bits per heavy atom. The maximum Gasteiger partial charge on any atom is 0.336 e. The van der Waals surface area contributed by atoms with Crippen LogP contribution < -0.4 is 5.63 Å². The van der Waals surface area contributed by atoms with Gasteiger partial charge in [-0.2, -0.15) is 0 Å². The Hall–Kier alpha value is -2.15. The van der Waals surface area contributed by atoms with Crippen LogP contribution in [0.15, 0.2) is 56.6 Å². The summed E-state index contributed by atoms with van der Waals surface area (Å²) in [6.07, 6.45) is 1.19. The topological polar surface area (TPSA) is 67.6 Å². The van der Waals surface area contributed by atoms with E-state index >= 15 is 0 Å². The van der Waals surface area contributed by atoms with Crippen LogP contribution in [-0.4, -0.2) is 26.6 Å². The average Bonchev–Trinajstić information content (AvgIpc) is 2.62. The van der Waals surface area contributed by atoms with Gasteiger partial charge >= 0.3 is 5.63 Å². The molecule has 0 aliphatic carbocycles. The van der Waals surface area contributed by atoms with Crippen LogP contribution in [0.25, 0.3) is 11.0 Å². The number of sulfone groups is 1. The second-order valence-corrected chi connectivity index (χ2v) is 9.54. The molecule has 1 unspecified atom stereocenters. The Labute approximate surface area is 169 Å². The second-order valence-electron chi connectivity index (χ2n) is 7.12. The first-order chi connectivity index (χ1) is 13.1. The summed E-state index contributed by atoms with van der Waals surface area (Å²) in [6.45, 7) is 4.40. The largest absolute Gasteiger partial charge is 0.423 e. The van der Waals surface area contributed by atoms with Crippen molar-refractivity contribution in [2.75, 3.05) is 13.3 Å². The molecular formula is C21H22ClNO4S. The van der Waals surface area contributed by atoms with Gasteiger partial charge in [-0.25, -0.2) is 13.2 Å². The molecule has 1 aromatic heterocycles. The van der Waals surface area contributed by atoms with Crippen LogP contribution in [0, 0.1) is 6.92 Å². The van der Waals surface area contributed by atoms with E-state index < -0.39 is 15.5 Å². The van der Waals surface area contributed by atoms with Gasteiger partial charge in [-0.15, -0.1) is 0 Å². The minimum Gasteiger partial charge on any atom is -0.423 e.